The van der Waals surface area contributed by atoms with Crippen molar-refractivity contribution in [1.29, 1.82) is 0 Å². The molecule has 3 aromatic carbocycles. The standard InChI is InChI=1S/C33H35ClN4O3/c1-21-16-36(17-22(2)37(21)19-25-5-3-4-6-28(25)24-8-10-27(34)11-9-24)18-23-7-12-29-26(15-23)20-38(33(29)41)30-13-14-31(39)35-32(30)40/h3-12,15,21-22,30H,13-14,16-20H2,1-2H3,(H,35,39,40). The van der Waals surface area contributed by atoms with Crippen molar-refractivity contribution in [1.82, 2.24) is 20.0 Å². The number of piperidine rings is 1. The number of hydrogen-bond donors (Lipinski definition) is 1. The highest BCUT2D eigenvalue weighted by molar-refractivity contribution is 6.30. The van der Waals surface area contributed by atoms with Gasteiger partial charge >= 0.3 is 0 Å². The Morgan fingerprint density at radius 1 is 0.878 bits per heavy atom. The molecule has 7 nitrogen and oxygen atoms in total. The number of amides is 3. The number of halogens is 1. The van der Waals surface area contributed by atoms with E-state index < -0.39 is 6.04 Å². The minimum Gasteiger partial charge on any atom is -0.322 e. The molecule has 0 aliphatic carbocycles. The van der Waals surface area contributed by atoms with Crippen LogP contribution in [0.25, 0.3) is 11.1 Å². The van der Waals surface area contributed by atoms with Gasteiger partial charge in [0.15, 0.2) is 0 Å². The summed E-state index contributed by atoms with van der Waals surface area (Å²) in [6.07, 6.45) is 0.637. The second-order valence-electron chi connectivity index (χ2n) is 11.6. The van der Waals surface area contributed by atoms with Gasteiger partial charge in [0.1, 0.15) is 6.04 Å². The lowest BCUT2D eigenvalue weighted by Crippen LogP contribution is -2.55. The molecule has 3 amide bonds. The van der Waals surface area contributed by atoms with Crippen LogP contribution in [-0.4, -0.2) is 63.6 Å². The van der Waals surface area contributed by atoms with Crippen LogP contribution in [0.15, 0.2) is 66.7 Å². The minimum atomic E-state index is -0.587. The zero-order valence-corrected chi connectivity index (χ0v) is 24.2. The zero-order valence-electron chi connectivity index (χ0n) is 23.5. The number of nitrogens with one attached hydrogen (secondary N) is 1. The van der Waals surface area contributed by atoms with Crippen molar-refractivity contribution >= 4 is 29.3 Å². The van der Waals surface area contributed by atoms with E-state index in [0.717, 1.165) is 36.8 Å². The molecule has 2 saturated heterocycles. The smallest absolute Gasteiger partial charge is 0.255 e. The summed E-state index contributed by atoms with van der Waals surface area (Å²) in [5.41, 5.74) is 6.51. The van der Waals surface area contributed by atoms with Gasteiger partial charge in [-0.1, -0.05) is 60.1 Å². The molecule has 0 radical (unpaired) electrons. The largest absolute Gasteiger partial charge is 0.322 e. The Morgan fingerprint density at radius 3 is 2.34 bits per heavy atom. The van der Waals surface area contributed by atoms with E-state index in [4.69, 9.17) is 11.6 Å². The molecule has 3 unspecified atom stereocenters. The average Bonchev–Trinajstić information content (AvgIpc) is 3.26. The number of imide groups is 1. The van der Waals surface area contributed by atoms with Crippen LogP contribution in [0.5, 0.6) is 0 Å². The predicted octanol–water partition coefficient (Wildman–Crippen LogP) is 4.86. The van der Waals surface area contributed by atoms with Gasteiger partial charge in [-0.25, -0.2) is 0 Å². The van der Waals surface area contributed by atoms with Gasteiger partial charge in [0, 0.05) is 61.8 Å². The van der Waals surface area contributed by atoms with Crippen LogP contribution in [0.3, 0.4) is 0 Å². The van der Waals surface area contributed by atoms with Crippen LogP contribution < -0.4 is 5.32 Å². The number of carbonyl (C=O) groups excluding carboxylic acids is 3. The van der Waals surface area contributed by atoms with Crippen molar-refractivity contribution < 1.29 is 14.4 Å². The third-order valence-corrected chi connectivity index (χ3v) is 8.95. The third-order valence-electron chi connectivity index (χ3n) is 8.70. The van der Waals surface area contributed by atoms with E-state index >= 15 is 0 Å². The van der Waals surface area contributed by atoms with Crippen molar-refractivity contribution in [3.8, 4) is 11.1 Å². The van der Waals surface area contributed by atoms with Crippen LogP contribution in [0.4, 0.5) is 0 Å². The number of carbonyl (C=O) groups is 3. The summed E-state index contributed by atoms with van der Waals surface area (Å²) in [7, 11) is 0. The van der Waals surface area contributed by atoms with Crippen LogP contribution in [0.1, 0.15) is 53.7 Å². The van der Waals surface area contributed by atoms with E-state index in [-0.39, 0.29) is 24.1 Å². The Hall–Kier alpha value is -3.52. The molecule has 6 rings (SSSR count). The van der Waals surface area contributed by atoms with Crippen molar-refractivity contribution in [3.63, 3.8) is 0 Å². The lowest BCUT2D eigenvalue weighted by molar-refractivity contribution is -0.136. The average molecular weight is 571 g/mol. The predicted molar refractivity (Wildman–Crippen MR) is 159 cm³/mol. The maximum Gasteiger partial charge on any atom is 0.255 e. The van der Waals surface area contributed by atoms with Gasteiger partial charge in [-0.05, 0) is 66.3 Å². The maximum absolute atomic E-state index is 13.1. The lowest BCUT2D eigenvalue weighted by Gasteiger charge is -2.45. The SMILES string of the molecule is CC1CN(Cc2ccc3c(c2)CN(C2CCC(=O)NC2=O)C3=O)CC(C)N1Cc1ccccc1-c1ccc(Cl)cc1. The van der Waals surface area contributed by atoms with Crippen molar-refractivity contribution in [2.75, 3.05) is 13.1 Å². The Morgan fingerprint density at radius 2 is 1.61 bits per heavy atom. The molecule has 2 fully saturated rings. The summed E-state index contributed by atoms with van der Waals surface area (Å²) in [4.78, 5) is 43.7. The van der Waals surface area contributed by atoms with E-state index in [9.17, 15) is 14.4 Å². The number of nitrogens with zero attached hydrogens (tertiary/aromatic N) is 3. The molecular formula is C33H35ClN4O3. The molecule has 3 aliphatic heterocycles. The van der Waals surface area contributed by atoms with Crippen LogP contribution in [0, 0.1) is 0 Å². The van der Waals surface area contributed by atoms with Gasteiger partial charge in [-0.3, -0.25) is 29.5 Å². The van der Waals surface area contributed by atoms with E-state index in [0.29, 0.717) is 30.6 Å². The molecule has 0 saturated carbocycles. The molecule has 41 heavy (non-hydrogen) atoms. The Labute approximate surface area is 246 Å². The Bertz CT molecular complexity index is 1480. The highest BCUT2D eigenvalue weighted by Crippen LogP contribution is 2.31. The first-order chi connectivity index (χ1) is 19.8. The van der Waals surface area contributed by atoms with Gasteiger partial charge in [0.25, 0.3) is 5.91 Å². The fourth-order valence-corrected chi connectivity index (χ4v) is 6.78. The van der Waals surface area contributed by atoms with Crippen LogP contribution in [-0.2, 0) is 29.2 Å². The van der Waals surface area contributed by atoms with E-state index in [1.165, 1.54) is 22.3 Å². The summed E-state index contributed by atoms with van der Waals surface area (Å²) in [6, 6.07) is 22.9. The summed E-state index contributed by atoms with van der Waals surface area (Å²) < 4.78 is 0. The first-order valence-corrected chi connectivity index (χ1v) is 14.7. The molecular weight excluding hydrogens is 536 g/mol. The fourth-order valence-electron chi connectivity index (χ4n) is 6.66. The topological polar surface area (TPSA) is 73.0 Å². The molecule has 1 N–H and O–H groups in total. The van der Waals surface area contributed by atoms with Crippen LogP contribution >= 0.6 is 11.6 Å². The highest BCUT2D eigenvalue weighted by Gasteiger charge is 2.39. The molecule has 0 spiro atoms. The first kappa shape index (κ1) is 27.6. The second kappa shape index (κ2) is 11.4. The summed E-state index contributed by atoms with van der Waals surface area (Å²) in [6.45, 7) is 8.59. The number of fused-ring (bicyclic) bond motifs is 1. The molecule has 0 aromatic heterocycles. The lowest BCUT2D eigenvalue weighted by atomic mass is 9.97. The fraction of sp³-hybridized carbons (Fsp3) is 0.364. The normalized spacial score (nSPS) is 23.5. The maximum atomic E-state index is 13.1. The second-order valence-corrected chi connectivity index (χ2v) is 12.1. The van der Waals surface area contributed by atoms with Gasteiger partial charge in [-0.2, -0.15) is 0 Å². The Balaban J connectivity index is 1.11. The van der Waals surface area contributed by atoms with Gasteiger partial charge in [0.2, 0.25) is 11.8 Å². The van der Waals surface area contributed by atoms with Crippen molar-refractivity contribution in [2.24, 2.45) is 0 Å². The van der Waals surface area contributed by atoms with E-state index in [1.54, 1.807) is 4.90 Å². The molecule has 3 aromatic rings. The molecule has 8 heteroatoms. The van der Waals surface area contributed by atoms with Crippen molar-refractivity contribution in [2.45, 2.75) is 64.4 Å². The summed E-state index contributed by atoms with van der Waals surface area (Å²) in [5.74, 6) is -0.776. The summed E-state index contributed by atoms with van der Waals surface area (Å²) in [5, 5.41) is 3.11. The molecule has 0 bridgehead atoms. The minimum absolute atomic E-state index is 0.129. The first-order valence-electron chi connectivity index (χ1n) is 14.3. The molecule has 212 valence electrons. The Kier molecular flexibility index (Phi) is 7.68. The quantitative estimate of drug-likeness (QED) is 0.428. The number of rotatable bonds is 6. The van der Waals surface area contributed by atoms with Crippen LogP contribution in [0.2, 0.25) is 5.02 Å². The number of piperazine rings is 1. The van der Waals surface area contributed by atoms with Gasteiger partial charge in [-0.15, -0.1) is 0 Å². The van der Waals surface area contributed by atoms with E-state index in [2.05, 4.69) is 71.4 Å². The molecule has 3 heterocycles. The number of hydrogen-bond acceptors (Lipinski definition) is 5. The zero-order chi connectivity index (χ0) is 28.7. The van der Waals surface area contributed by atoms with Gasteiger partial charge in [0.05, 0.1) is 0 Å². The molecule has 3 atom stereocenters. The van der Waals surface area contributed by atoms with Gasteiger partial charge < -0.3 is 4.90 Å². The van der Waals surface area contributed by atoms with E-state index in [1.807, 2.05) is 24.3 Å². The monoisotopic (exact) mass is 570 g/mol. The number of benzene rings is 3. The highest BCUT2D eigenvalue weighted by atomic mass is 35.5. The molecule has 3 aliphatic rings. The summed E-state index contributed by atoms with van der Waals surface area (Å²) >= 11 is 6.13. The van der Waals surface area contributed by atoms with Crippen molar-refractivity contribution in [3.05, 3.63) is 94.0 Å². The third kappa shape index (κ3) is 5.67.